The van der Waals surface area contributed by atoms with E-state index < -0.39 is 0 Å². The van der Waals surface area contributed by atoms with E-state index in [1.54, 1.807) is 12.1 Å². The van der Waals surface area contributed by atoms with Crippen molar-refractivity contribution in [2.24, 2.45) is 5.92 Å². The van der Waals surface area contributed by atoms with Gasteiger partial charge in [0.05, 0.1) is 17.6 Å². The van der Waals surface area contributed by atoms with Crippen LogP contribution in [0.25, 0.3) is 16.7 Å². The number of likely N-dealkylation sites (tertiary alicyclic amines) is 1. The quantitative estimate of drug-likeness (QED) is 0.347. The van der Waals surface area contributed by atoms with Gasteiger partial charge >= 0.3 is 0 Å². The molecule has 1 amide bonds. The topological polar surface area (TPSA) is 44.6 Å². The molecular formula is C30H31ClFN5O. The number of carbonyl (C=O) groups is 1. The smallest absolute Gasteiger partial charge is 0.225 e. The van der Waals surface area contributed by atoms with Crippen LogP contribution in [0.3, 0.4) is 0 Å². The lowest BCUT2D eigenvalue weighted by Gasteiger charge is -2.39. The number of piperidine rings is 1. The van der Waals surface area contributed by atoms with Crippen molar-refractivity contribution in [3.05, 3.63) is 89.5 Å². The zero-order valence-electron chi connectivity index (χ0n) is 21.3. The third-order valence-corrected chi connectivity index (χ3v) is 8.02. The molecule has 0 aliphatic carbocycles. The first kappa shape index (κ1) is 24.9. The van der Waals surface area contributed by atoms with E-state index in [1.165, 1.54) is 12.1 Å². The molecule has 2 aliphatic rings. The average Bonchev–Trinajstić information content (AvgIpc) is 3.31. The van der Waals surface area contributed by atoms with Crippen LogP contribution in [-0.2, 0) is 11.3 Å². The summed E-state index contributed by atoms with van der Waals surface area (Å²) in [5.41, 5.74) is 3.95. The summed E-state index contributed by atoms with van der Waals surface area (Å²) in [5, 5.41) is 0.737. The van der Waals surface area contributed by atoms with E-state index in [2.05, 4.69) is 20.4 Å². The van der Waals surface area contributed by atoms with Crippen molar-refractivity contribution in [2.45, 2.75) is 19.4 Å². The summed E-state index contributed by atoms with van der Waals surface area (Å²) in [6, 6.07) is 22.5. The number of nitrogens with zero attached hydrogens (tertiary/aromatic N) is 5. The Hall–Kier alpha value is -3.42. The number of imidazole rings is 1. The predicted molar refractivity (Wildman–Crippen MR) is 149 cm³/mol. The molecule has 0 bridgehead atoms. The molecule has 2 aliphatic heterocycles. The largest absolute Gasteiger partial charge is 0.368 e. The number of aromatic nitrogens is 2. The summed E-state index contributed by atoms with van der Waals surface area (Å²) in [7, 11) is 0. The number of carbonyl (C=O) groups excluding carboxylic acids is 1. The van der Waals surface area contributed by atoms with E-state index in [1.807, 2.05) is 47.4 Å². The molecular weight excluding hydrogens is 501 g/mol. The maximum Gasteiger partial charge on any atom is 0.225 e. The maximum atomic E-state index is 13.6. The molecule has 3 heterocycles. The molecule has 2 fully saturated rings. The molecule has 0 atom stereocenters. The highest BCUT2D eigenvalue weighted by Crippen LogP contribution is 2.27. The van der Waals surface area contributed by atoms with Crippen LogP contribution >= 0.6 is 11.6 Å². The first-order valence-corrected chi connectivity index (χ1v) is 13.7. The Kier molecular flexibility index (Phi) is 7.04. The van der Waals surface area contributed by atoms with Gasteiger partial charge in [0, 0.05) is 48.5 Å². The van der Waals surface area contributed by atoms with Gasteiger partial charge in [-0.3, -0.25) is 14.3 Å². The Labute approximate surface area is 227 Å². The SMILES string of the molecule is O=C(C1CCN(Cc2nc3ccccc3n2-c2ccc(F)cc2)CC1)N1CCN(c2cccc(Cl)c2)CC1. The lowest BCUT2D eigenvalue weighted by atomic mass is 9.95. The number of amides is 1. The van der Waals surface area contributed by atoms with Gasteiger partial charge in [-0.1, -0.05) is 29.8 Å². The first-order valence-electron chi connectivity index (χ1n) is 13.3. The summed E-state index contributed by atoms with van der Waals surface area (Å²) in [6.45, 7) is 5.53. The fraction of sp³-hybridized carbons (Fsp3) is 0.333. The maximum absolute atomic E-state index is 13.6. The van der Waals surface area contributed by atoms with Crippen LogP contribution in [0, 0.1) is 11.7 Å². The Morgan fingerprint density at radius 3 is 2.34 bits per heavy atom. The van der Waals surface area contributed by atoms with Crippen molar-refractivity contribution in [3.63, 3.8) is 0 Å². The van der Waals surface area contributed by atoms with E-state index >= 15 is 0 Å². The molecule has 1 aromatic heterocycles. The van der Waals surface area contributed by atoms with Gasteiger partial charge in [0.25, 0.3) is 0 Å². The highest BCUT2D eigenvalue weighted by atomic mass is 35.5. The molecule has 0 unspecified atom stereocenters. The van der Waals surface area contributed by atoms with E-state index in [9.17, 15) is 9.18 Å². The van der Waals surface area contributed by atoms with Crippen LogP contribution in [0.1, 0.15) is 18.7 Å². The van der Waals surface area contributed by atoms with Gasteiger partial charge in [-0.05, 0) is 80.5 Å². The van der Waals surface area contributed by atoms with Crippen molar-refractivity contribution >= 4 is 34.2 Å². The van der Waals surface area contributed by atoms with E-state index in [4.69, 9.17) is 16.6 Å². The predicted octanol–water partition coefficient (Wildman–Crippen LogP) is 5.38. The van der Waals surface area contributed by atoms with Crippen LogP contribution in [0.2, 0.25) is 5.02 Å². The Morgan fingerprint density at radius 1 is 0.868 bits per heavy atom. The monoisotopic (exact) mass is 531 g/mol. The molecule has 6 nitrogen and oxygen atoms in total. The van der Waals surface area contributed by atoms with Crippen LogP contribution in [0.5, 0.6) is 0 Å². The second-order valence-corrected chi connectivity index (χ2v) is 10.6. The summed E-state index contributed by atoms with van der Waals surface area (Å²) in [5.74, 6) is 1.03. The number of piperazine rings is 1. The van der Waals surface area contributed by atoms with E-state index in [0.29, 0.717) is 6.54 Å². The first-order chi connectivity index (χ1) is 18.5. The summed E-state index contributed by atoms with van der Waals surface area (Å²) in [4.78, 5) is 24.9. The number of anilines is 1. The molecule has 4 aromatic rings. The average molecular weight is 532 g/mol. The standard InChI is InChI=1S/C30H31ClFN5O/c31-23-4-3-5-26(20-23)35-16-18-36(19-17-35)30(38)22-12-14-34(15-13-22)21-29-33-27-6-1-2-7-28(27)37(29)25-10-8-24(32)9-11-25/h1-11,20,22H,12-19,21H2. The van der Waals surface area contributed by atoms with Gasteiger partial charge < -0.3 is 9.80 Å². The summed E-state index contributed by atoms with van der Waals surface area (Å²) < 4.78 is 15.7. The molecule has 196 valence electrons. The molecule has 38 heavy (non-hydrogen) atoms. The van der Waals surface area contributed by atoms with Gasteiger partial charge in [-0.25, -0.2) is 9.37 Å². The van der Waals surface area contributed by atoms with Crippen molar-refractivity contribution in [1.82, 2.24) is 19.4 Å². The van der Waals surface area contributed by atoms with Crippen LogP contribution < -0.4 is 4.90 Å². The van der Waals surface area contributed by atoms with Crippen molar-refractivity contribution in [2.75, 3.05) is 44.2 Å². The molecule has 0 radical (unpaired) electrons. The zero-order chi connectivity index (χ0) is 26.1. The molecule has 3 aromatic carbocycles. The number of halogens is 2. The molecule has 2 saturated heterocycles. The van der Waals surface area contributed by atoms with Crippen LogP contribution in [0.15, 0.2) is 72.8 Å². The minimum Gasteiger partial charge on any atom is -0.368 e. The van der Waals surface area contributed by atoms with E-state index in [0.717, 1.165) is 85.4 Å². The minimum absolute atomic E-state index is 0.0693. The molecule has 6 rings (SSSR count). The Morgan fingerprint density at radius 2 is 1.61 bits per heavy atom. The van der Waals surface area contributed by atoms with Gasteiger partial charge in [-0.15, -0.1) is 0 Å². The fourth-order valence-electron chi connectivity index (χ4n) is 5.71. The molecule has 0 spiro atoms. The van der Waals surface area contributed by atoms with Crippen molar-refractivity contribution < 1.29 is 9.18 Å². The number of para-hydroxylation sites is 2. The lowest BCUT2D eigenvalue weighted by molar-refractivity contribution is -0.137. The third-order valence-electron chi connectivity index (χ3n) is 7.78. The number of benzene rings is 3. The minimum atomic E-state index is -0.252. The zero-order valence-corrected chi connectivity index (χ0v) is 22.0. The normalized spacial score (nSPS) is 17.3. The van der Waals surface area contributed by atoms with Crippen molar-refractivity contribution in [3.8, 4) is 5.69 Å². The fourth-order valence-corrected chi connectivity index (χ4v) is 5.90. The summed E-state index contributed by atoms with van der Waals surface area (Å²) >= 11 is 6.16. The lowest BCUT2D eigenvalue weighted by Crippen LogP contribution is -2.51. The van der Waals surface area contributed by atoms with Gasteiger partial charge in [-0.2, -0.15) is 0 Å². The Bertz CT molecular complexity index is 1420. The van der Waals surface area contributed by atoms with Gasteiger partial charge in [0.15, 0.2) is 0 Å². The second kappa shape index (κ2) is 10.8. The number of hydrogen-bond donors (Lipinski definition) is 0. The van der Waals surface area contributed by atoms with Gasteiger partial charge in [0.2, 0.25) is 5.91 Å². The number of hydrogen-bond acceptors (Lipinski definition) is 4. The molecule has 0 saturated carbocycles. The van der Waals surface area contributed by atoms with Crippen molar-refractivity contribution in [1.29, 1.82) is 0 Å². The van der Waals surface area contributed by atoms with Crippen LogP contribution in [-0.4, -0.2) is 64.5 Å². The van der Waals surface area contributed by atoms with Crippen LogP contribution in [0.4, 0.5) is 10.1 Å². The number of rotatable bonds is 5. The second-order valence-electron chi connectivity index (χ2n) is 10.2. The highest BCUT2D eigenvalue weighted by molar-refractivity contribution is 6.30. The van der Waals surface area contributed by atoms with Gasteiger partial charge in [0.1, 0.15) is 11.6 Å². The third kappa shape index (κ3) is 5.13. The molecule has 0 N–H and O–H groups in total. The number of fused-ring (bicyclic) bond motifs is 1. The Balaban J connectivity index is 1.08. The highest BCUT2D eigenvalue weighted by Gasteiger charge is 2.31. The summed E-state index contributed by atoms with van der Waals surface area (Å²) in [6.07, 6.45) is 1.70. The van der Waals surface area contributed by atoms with E-state index in [-0.39, 0.29) is 17.6 Å². The molecule has 8 heteroatoms.